The average molecular weight is 432 g/mol. The highest BCUT2D eigenvalue weighted by Crippen LogP contribution is 2.50. The molecule has 2 heterocycles. The molecule has 0 bridgehead atoms. The Hall–Kier alpha value is -3.54. The van der Waals surface area contributed by atoms with Crippen molar-refractivity contribution >= 4 is 5.71 Å². The molecule has 5 nitrogen and oxygen atoms in total. The first-order chi connectivity index (χ1) is 15.7. The molecule has 0 amide bonds. The van der Waals surface area contributed by atoms with Crippen molar-refractivity contribution in [3.05, 3.63) is 89.2 Å². The van der Waals surface area contributed by atoms with Crippen LogP contribution in [0.1, 0.15) is 49.2 Å². The molecule has 164 valence electrons. The molecule has 0 saturated carbocycles. The Morgan fingerprint density at radius 3 is 2.53 bits per heavy atom. The van der Waals surface area contributed by atoms with Crippen LogP contribution in [-0.2, 0) is 0 Å². The van der Waals surface area contributed by atoms with Crippen molar-refractivity contribution in [2.45, 2.75) is 32.5 Å². The second-order valence-electron chi connectivity index (χ2n) is 7.74. The Bertz CT molecular complexity index is 1150. The van der Waals surface area contributed by atoms with Crippen LogP contribution in [0.25, 0.3) is 0 Å². The third kappa shape index (κ3) is 3.66. The van der Waals surface area contributed by atoms with Gasteiger partial charge in [-0.05, 0) is 61.9 Å². The van der Waals surface area contributed by atoms with Gasteiger partial charge in [0.1, 0.15) is 11.6 Å². The lowest BCUT2D eigenvalue weighted by Crippen LogP contribution is -2.34. The first-order valence-corrected chi connectivity index (χ1v) is 10.9. The van der Waals surface area contributed by atoms with Crippen molar-refractivity contribution in [3.8, 4) is 17.2 Å². The van der Waals surface area contributed by atoms with Gasteiger partial charge < -0.3 is 14.2 Å². The maximum Gasteiger partial charge on any atom is 0.214 e. The minimum absolute atomic E-state index is 0.0333. The Balaban J connectivity index is 1.56. The predicted octanol–water partition coefficient (Wildman–Crippen LogP) is 5.87. The molecule has 2 atom stereocenters. The molecular weight excluding hydrogens is 407 g/mol. The summed E-state index contributed by atoms with van der Waals surface area (Å²) in [6, 6.07) is 20.4. The number of fused-ring (bicyclic) bond motifs is 3. The highest BCUT2D eigenvalue weighted by molar-refractivity contribution is 6.02. The zero-order valence-electron chi connectivity index (χ0n) is 18.1. The summed E-state index contributed by atoms with van der Waals surface area (Å²) in [6.07, 6.45) is 0.163. The van der Waals surface area contributed by atoms with E-state index >= 15 is 0 Å². The second kappa shape index (κ2) is 8.54. The fourth-order valence-electron chi connectivity index (χ4n) is 4.32. The van der Waals surface area contributed by atoms with E-state index in [0.717, 1.165) is 22.6 Å². The van der Waals surface area contributed by atoms with Gasteiger partial charge in [0.05, 0.1) is 25.0 Å². The van der Waals surface area contributed by atoms with Gasteiger partial charge in [0.2, 0.25) is 6.23 Å². The molecule has 0 unspecified atom stereocenters. The molecule has 0 fully saturated rings. The fraction of sp³-hybridized carbons (Fsp3) is 0.269. The third-order valence-corrected chi connectivity index (χ3v) is 5.71. The van der Waals surface area contributed by atoms with Gasteiger partial charge in [-0.3, -0.25) is 0 Å². The van der Waals surface area contributed by atoms with Crippen molar-refractivity contribution in [3.63, 3.8) is 0 Å². The minimum atomic E-state index is -0.551. The minimum Gasteiger partial charge on any atom is -0.494 e. The van der Waals surface area contributed by atoms with Crippen molar-refractivity contribution in [2.24, 2.45) is 5.10 Å². The molecule has 0 radical (unpaired) electrons. The van der Waals surface area contributed by atoms with E-state index in [2.05, 4.69) is 0 Å². The number of hydrogen-bond acceptors (Lipinski definition) is 5. The van der Waals surface area contributed by atoms with Crippen LogP contribution in [0.15, 0.2) is 71.8 Å². The van der Waals surface area contributed by atoms with Crippen LogP contribution >= 0.6 is 0 Å². The maximum absolute atomic E-state index is 14.1. The number of hydrazone groups is 1. The summed E-state index contributed by atoms with van der Waals surface area (Å²) in [5, 5.41) is 6.88. The number of benzene rings is 3. The van der Waals surface area contributed by atoms with Crippen molar-refractivity contribution in [1.82, 2.24) is 5.01 Å². The zero-order chi connectivity index (χ0) is 22.1. The number of rotatable bonds is 6. The summed E-state index contributed by atoms with van der Waals surface area (Å²) in [4.78, 5) is 0. The largest absolute Gasteiger partial charge is 0.494 e. The smallest absolute Gasteiger partial charge is 0.214 e. The highest BCUT2D eigenvalue weighted by Gasteiger charge is 2.42. The van der Waals surface area contributed by atoms with Crippen molar-refractivity contribution in [1.29, 1.82) is 0 Å². The van der Waals surface area contributed by atoms with Gasteiger partial charge in [0.15, 0.2) is 11.5 Å². The van der Waals surface area contributed by atoms with Crippen molar-refractivity contribution in [2.75, 3.05) is 13.2 Å². The molecular formula is C26H25FN2O3. The van der Waals surface area contributed by atoms with Gasteiger partial charge in [-0.2, -0.15) is 5.10 Å². The van der Waals surface area contributed by atoms with Gasteiger partial charge in [-0.15, -0.1) is 0 Å². The number of nitrogens with zero attached hydrogens (tertiary/aromatic N) is 2. The van der Waals surface area contributed by atoms with E-state index in [9.17, 15) is 4.39 Å². The van der Waals surface area contributed by atoms with Crippen LogP contribution < -0.4 is 14.2 Å². The Labute approximate surface area is 187 Å². The molecule has 0 saturated heterocycles. The lowest BCUT2D eigenvalue weighted by atomic mass is 9.95. The Morgan fingerprint density at radius 1 is 1.00 bits per heavy atom. The summed E-state index contributed by atoms with van der Waals surface area (Å²) in [5.41, 5.74) is 3.72. The molecule has 0 N–H and O–H groups in total. The van der Waals surface area contributed by atoms with Gasteiger partial charge in [-0.1, -0.05) is 24.3 Å². The summed E-state index contributed by atoms with van der Waals surface area (Å²) in [7, 11) is 0. The van der Waals surface area contributed by atoms with E-state index in [4.69, 9.17) is 19.3 Å². The monoisotopic (exact) mass is 432 g/mol. The van der Waals surface area contributed by atoms with Gasteiger partial charge in [0.25, 0.3) is 0 Å². The molecule has 2 aliphatic heterocycles. The normalized spacial score (nSPS) is 19.0. The molecule has 0 aliphatic carbocycles. The van der Waals surface area contributed by atoms with E-state index in [0.29, 0.717) is 36.7 Å². The molecule has 32 heavy (non-hydrogen) atoms. The Kier molecular flexibility index (Phi) is 5.43. The second-order valence-corrected chi connectivity index (χ2v) is 7.74. The summed E-state index contributed by atoms with van der Waals surface area (Å²) < 4.78 is 31.9. The lowest BCUT2D eigenvalue weighted by Gasteiger charge is -2.38. The molecule has 2 aliphatic rings. The van der Waals surface area contributed by atoms with Crippen LogP contribution in [0, 0.1) is 5.82 Å². The zero-order valence-corrected chi connectivity index (χ0v) is 18.1. The summed E-state index contributed by atoms with van der Waals surface area (Å²) in [6.45, 7) is 5.07. The molecule has 3 aromatic carbocycles. The topological polar surface area (TPSA) is 43.3 Å². The lowest BCUT2D eigenvalue weighted by molar-refractivity contribution is -0.0214. The molecule has 0 spiro atoms. The quantitative estimate of drug-likeness (QED) is 0.489. The predicted molar refractivity (Wildman–Crippen MR) is 121 cm³/mol. The van der Waals surface area contributed by atoms with E-state index in [1.54, 1.807) is 6.07 Å². The molecule has 5 rings (SSSR count). The molecule has 6 heteroatoms. The van der Waals surface area contributed by atoms with Gasteiger partial charge >= 0.3 is 0 Å². The molecule has 3 aromatic rings. The highest BCUT2D eigenvalue weighted by atomic mass is 19.1. The first-order valence-electron chi connectivity index (χ1n) is 10.9. The van der Waals surface area contributed by atoms with E-state index in [-0.39, 0.29) is 11.9 Å². The van der Waals surface area contributed by atoms with Crippen LogP contribution in [0.4, 0.5) is 4.39 Å². The van der Waals surface area contributed by atoms with Gasteiger partial charge in [0, 0.05) is 17.5 Å². The summed E-state index contributed by atoms with van der Waals surface area (Å²) >= 11 is 0. The van der Waals surface area contributed by atoms with E-state index < -0.39 is 6.23 Å². The van der Waals surface area contributed by atoms with Crippen LogP contribution in [0.5, 0.6) is 17.2 Å². The van der Waals surface area contributed by atoms with Gasteiger partial charge in [-0.25, -0.2) is 9.40 Å². The first kappa shape index (κ1) is 20.4. The fourth-order valence-corrected chi connectivity index (χ4v) is 4.32. The summed E-state index contributed by atoms with van der Waals surface area (Å²) in [5.74, 6) is 1.93. The third-order valence-electron chi connectivity index (χ3n) is 5.71. The van der Waals surface area contributed by atoms with E-state index in [1.807, 2.05) is 67.4 Å². The van der Waals surface area contributed by atoms with E-state index in [1.165, 1.54) is 12.1 Å². The number of hydrogen-bond donors (Lipinski definition) is 0. The maximum atomic E-state index is 14.1. The number of halogens is 1. The van der Waals surface area contributed by atoms with Crippen LogP contribution in [0.3, 0.4) is 0 Å². The average Bonchev–Trinajstić information content (AvgIpc) is 3.25. The SMILES string of the molecule is CCOc1ccc(C2=NN3[C@H](C2)c2cccc(OCC)c2O[C@H]3c2cccc(F)c2)cc1. The van der Waals surface area contributed by atoms with Crippen LogP contribution in [-0.4, -0.2) is 23.9 Å². The number of ether oxygens (including phenoxy) is 3. The standard InChI is InChI=1S/C26H25FN2O3/c1-3-30-20-13-11-17(12-14-20)22-16-23-21-9-6-10-24(31-4-2)25(21)32-26(29(23)28-22)18-7-5-8-19(27)15-18/h5-15,23,26H,3-4,16H2,1-2H3/t23-,26+/m1/s1. The Morgan fingerprint density at radius 2 is 1.78 bits per heavy atom. The van der Waals surface area contributed by atoms with Crippen molar-refractivity contribution < 1.29 is 18.6 Å². The molecule has 0 aromatic heterocycles. The number of para-hydroxylation sites is 1. The van der Waals surface area contributed by atoms with Crippen LogP contribution in [0.2, 0.25) is 0 Å².